The second kappa shape index (κ2) is 7.10. The van der Waals surface area contributed by atoms with Gasteiger partial charge in [-0.05, 0) is 53.0 Å². The van der Waals surface area contributed by atoms with Gasteiger partial charge in [-0.1, -0.05) is 12.1 Å². The number of hydrogen-bond acceptors (Lipinski definition) is 4. The van der Waals surface area contributed by atoms with Gasteiger partial charge in [-0.3, -0.25) is 4.79 Å². The Labute approximate surface area is 143 Å². The number of halogens is 1. The van der Waals surface area contributed by atoms with E-state index in [9.17, 15) is 4.79 Å². The Balaban J connectivity index is 1.67. The average molecular weight is 376 g/mol. The third kappa shape index (κ3) is 3.71. The highest BCUT2D eigenvalue weighted by Gasteiger charge is 2.26. The fourth-order valence-corrected chi connectivity index (χ4v) is 2.97. The maximum absolute atomic E-state index is 12.4. The molecule has 3 rings (SSSR count). The van der Waals surface area contributed by atoms with Crippen molar-refractivity contribution in [2.75, 3.05) is 19.6 Å². The van der Waals surface area contributed by atoms with Gasteiger partial charge in [0.1, 0.15) is 5.75 Å². The Kier molecular flexibility index (Phi) is 4.93. The lowest BCUT2D eigenvalue weighted by Crippen LogP contribution is -2.29. The van der Waals surface area contributed by atoms with Crippen molar-refractivity contribution in [3.8, 4) is 11.6 Å². The highest BCUT2D eigenvalue weighted by atomic mass is 79.9. The zero-order valence-corrected chi connectivity index (χ0v) is 14.2. The summed E-state index contributed by atoms with van der Waals surface area (Å²) in [5, 5.41) is 0. The molecule has 0 unspecified atom stereocenters. The second-order valence-electron chi connectivity index (χ2n) is 5.56. The molecule has 5 nitrogen and oxygen atoms in total. The van der Waals surface area contributed by atoms with Crippen LogP contribution in [0.1, 0.15) is 16.8 Å². The first-order valence-corrected chi connectivity index (χ1v) is 8.34. The van der Waals surface area contributed by atoms with E-state index in [1.54, 1.807) is 18.3 Å². The van der Waals surface area contributed by atoms with Crippen molar-refractivity contribution in [3.63, 3.8) is 0 Å². The molecular weight excluding hydrogens is 358 g/mol. The number of aromatic nitrogens is 1. The fraction of sp³-hybridized carbons (Fsp3) is 0.294. The van der Waals surface area contributed by atoms with Gasteiger partial charge in [-0.2, -0.15) is 0 Å². The van der Waals surface area contributed by atoms with Crippen molar-refractivity contribution in [2.45, 2.75) is 6.42 Å². The molecule has 1 fully saturated rings. The largest absolute Gasteiger partial charge is 0.438 e. The van der Waals surface area contributed by atoms with Crippen LogP contribution in [-0.4, -0.2) is 35.4 Å². The first kappa shape index (κ1) is 16.0. The molecule has 1 aromatic carbocycles. The van der Waals surface area contributed by atoms with Crippen LogP contribution in [-0.2, 0) is 0 Å². The molecule has 2 N–H and O–H groups in total. The van der Waals surface area contributed by atoms with Gasteiger partial charge in [-0.25, -0.2) is 4.98 Å². The highest BCUT2D eigenvalue weighted by Crippen LogP contribution is 2.28. The summed E-state index contributed by atoms with van der Waals surface area (Å²) in [6.07, 6.45) is 2.53. The van der Waals surface area contributed by atoms with E-state index in [0.717, 1.165) is 24.0 Å². The number of pyridine rings is 1. The predicted octanol–water partition coefficient (Wildman–Crippen LogP) is 3.06. The molecule has 2 heterocycles. The van der Waals surface area contributed by atoms with Gasteiger partial charge in [0.05, 0.1) is 10.0 Å². The molecule has 2 aromatic rings. The molecule has 23 heavy (non-hydrogen) atoms. The third-order valence-corrected chi connectivity index (χ3v) is 4.60. The summed E-state index contributed by atoms with van der Waals surface area (Å²) in [5.41, 5.74) is 6.24. The van der Waals surface area contributed by atoms with Gasteiger partial charge >= 0.3 is 0 Å². The molecule has 0 spiro atoms. The Bertz CT molecular complexity index is 690. The standard InChI is InChI=1S/C17H18BrN3O2/c18-14-3-1-2-4-15(14)23-16-6-5-13(10-20-16)17(22)21-8-7-12(9-19)11-21/h1-6,10,12H,7-9,11,19H2/t12-/m0/s1. The maximum Gasteiger partial charge on any atom is 0.255 e. The first-order valence-electron chi connectivity index (χ1n) is 7.55. The lowest BCUT2D eigenvalue weighted by molar-refractivity contribution is 0.0787. The Morgan fingerprint density at radius 1 is 1.35 bits per heavy atom. The summed E-state index contributed by atoms with van der Waals surface area (Å²) in [6, 6.07) is 11.0. The summed E-state index contributed by atoms with van der Waals surface area (Å²) in [5.74, 6) is 1.55. The molecule has 0 bridgehead atoms. The third-order valence-electron chi connectivity index (χ3n) is 3.94. The first-order chi connectivity index (χ1) is 11.2. The van der Waals surface area contributed by atoms with Gasteiger partial charge < -0.3 is 15.4 Å². The number of carbonyl (C=O) groups excluding carboxylic acids is 1. The quantitative estimate of drug-likeness (QED) is 0.891. The minimum absolute atomic E-state index is 0.000826. The topological polar surface area (TPSA) is 68.5 Å². The number of ether oxygens (including phenoxy) is 1. The van der Waals surface area contributed by atoms with E-state index in [0.29, 0.717) is 29.7 Å². The average Bonchev–Trinajstić information content (AvgIpc) is 3.06. The van der Waals surface area contributed by atoms with Gasteiger partial charge in [0.2, 0.25) is 5.88 Å². The molecule has 0 radical (unpaired) electrons. The zero-order chi connectivity index (χ0) is 16.2. The van der Waals surface area contributed by atoms with E-state index in [1.807, 2.05) is 29.2 Å². The molecule has 0 aliphatic carbocycles. The lowest BCUT2D eigenvalue weighted by atomic mass is 10.1. The van der Waals surface area contributed by atoms with Crippen LogP contribution >= 0.6 is 15.9 Å². The Hall–Kier alpha value is -1.92. The minimum Gasteiger partial charge on any atom is -0.438 e. The molecule has 1 amide bonds. The summed E-state index contributed by atoms with van der Waals surface area (Å²) in [7, 11) is 0. The smallest absolute Gasteiger partial charge is 0.255 e. The van der Waals surface area contributed by atoms with E-state index in [4.69, 9.17) is 10.5 Å². The SMILES string of the molecule is NC[C@@H]1CCN(C(=O)c2ccc(Oc3ccccc3Br)nc2)C1. The number of nitrogens with zero attached hydrogens (tertiary/aromatic N) is 2. The number of likely N-dealkylation sites (tertiary alicyclic amines) is 1. The van der Waals surface area contributed by atoms with Crippen LogP contribution in [0.4, 0.5) is 0 Å². The van der Waals surface area contributed by atoms with Crippen LogP contribution in [0.3, 0.4) is 0 Å². The van der Waals surface area contributed by atoms with Crippen molar-refractivity contribution in [2.24, 2.45) is 11.7 Å². The molecule has 1 aliphatic heterocycles. The van der Waals surface area contributed by atoms with E-state index in [2.05, 4.69) is 20.9 Å². The van der Waals surface area contributed by atoms with Crippen molar-refractivity contribution < 1.29 is 9.53 Å². The fourth-order valence-electron chi connectivity index (χ4n) is 2.60. The Morgan fingerprint density at radius 3 is 2.83 bits per heavy atom. The van der Waals surface area contributed by atoms with E-state index in [1.165, 1.54) is 0 Å². The van der Waals surface area contributed by atoms with Crippen LogP contribution in [0.2, 0.25) is 0 Å². The van der Waals surface area contributed by atoms with E-state index >= 15 is 0 Å². The van der Waals surface area contributed by atoms with Crippen molar-refractivity contribution in [1.82, 2.24) is 9.88 Å². The minimum atomic E-state index is 0.000826. The van der Waals surface area contributed by atoms with Crippen molar-refractivity contribution in [3.05, 3.63) is 52.6 Å². The van der Waals surface area contributed by atoms with Gasteiger partial charge in [-0.15, -0.1) is 0 Å². The molecule has 1 atom stereocenters. The zero-order valence-electron chi connectivity index (χ0n) is 12.6. The number of hydrogen-bond donors (Lipinski definition) is 1. The number of carbonyl (C=O) groups is 1. The van der Waals surface area contributed by atoms with Crippen LogP contribution in [0.5, 0.6) is 11.6 Å². The van der Waals surface area contributed by atoms with Gasteiger partial charge in [0, 0.05) is 25.4 Å². The number of amides is 1. The number of para-hydroxylation sites is 1. The maximum atomic E-state index is 12.4. The monoisotopic (exact) mass is 375 g/mol. The molecule has 120 valence electrons. The normalized spacial score (nSPS) is 17.3. The van der Waals surface area contributed by atoms with Crippen LogP contribution in [0.15, 0.2) is 47.1 Å². The summed E-state index contributed by atoms with van der Waals surface area (Å²) in [4.78, 5) is 18.5. The number of benzene rings is 1. The predicted molar refractivity (Wildman–Crippen MR) is 91.5 cm³/mol. The van der Waals surface area contributed by atoms with Gasteiger partial charge in [0.15, 0.2) is 0 Å². The Morgan fingerprint density at radius 2 is 2.17 bits per heavy atom. The molecule has 6 heteroatoms. The summed E-state index contributed by atoms with van der Waals surface area (Å²) < 4.78 is 6.56. The summed E-state index contributed by atoms with van der Waals surface area (Å²) in [6.45, 7) is 2.11. The highest BCUT2D eigenvalue weighted by molar-refractivity contribution is 9.10. The molecule has 1 aliphatic rings. The van der Waals surface area contributed by atoms with Crippen LogP contribution in [0, 0.1) is 5.92 Å². The molecule has 1 saturated heterocycles. The summed E-state index contributed by atoms with van der Waals surface area (Å²) >= 11 is 3.42. The van der Waals surface area contributed by atoms with Gasteiger partial charge in [0.25, 0.3) is 5.91 Å². The number of rotatable bonds is 4. The van der Waals surface area contributed by atoms with E-state index < -0.39 is 0 Å². The second-order valence-corrected chi connectivity index (χ2v) is 6.41. The number of nitrogens with two attached hydrogens (primary N) is 1. The van der Waals surface area contributed by atoms with Crippen LogP contribution < -0.4 is 10.5 Å². The van der Waals surface area contributed by atoms with E-state index in [-0.39, 0.29) is 5.91 Å². The van der Waals surface area contributed by atoms with Crippen LogP contribution in [0.25, 0.3) is 0 Å². The molecular formula is C17H18BrN3O2. The van der Waals surface area contributed by atoms with Crippen molar-refractivity contribution >= 4 is 21.8 Å². The lowest BCUT2D eigenvalue weighted by Gasteiger charge is -2.16. The van der Waals surface area contributed by atoms with Crippen molar-refractivity contribution in [1.29, 1.82) is 0 Å². The molecule has 1 aromatic heterocycles. The molecule has 0 saturated carbocycles.